The van der Waals surface area contributed by atoms with E-state index < -0.39 is 0 Å². The molecular formula is C18H18Cl3N3. The Morgan fingerprint density at radius 2 is 1.58 bits per heavy atom. The van der Waals surface area contributed by atoms with Crippen molar-refractivity contribution in [3.05, 3.63) is 68.7 Å². The van der Waals surface area contributed by atoms with Crippen molar-refractivity contribution in [2.24, 2.45) is 5.10 Å². The molecule has 1 aliphatic heterocycles. The number of benzene rings is 2. The number of piperazine rings is 1. The molecule has 2 aromatic rings. The molecule has 1 fully saturated rings. The predicted octanol–water partition coefficient (Wildman–Crippen LogP) is 4.80. The summed E-state index contributed by atoms with van der Waals surface area (Å²) in [6, 6.07) is 13.5. The lowest BCUT2D eigenvalue weighted by Gasteiger charge is -2.33. The van der Waals surface area contributed by atoms with Crippen molar-refractivity contribution < 1.29 is 0 Å². The number of rotatable bonds is 4. The first-order valence-electron chi connectivity index (χ1n) is 7.82. The van der Waals surface area contributed by atoms with Crippen LogP contribution in [-0.2, 0) is 6.54 Å². The van der Waals surface area contributed by atoms with Gasteiger partial charge in [-0.15, -0.1) is 0 Å². The molecule has 0 N–H and O–H groups in total. The summed E-state index contributed by atoms with van der Waals surface area (Å²) in [7, 11) is 0. The molecule has 6 heteroatoms. The van der Waals surface area contributed by atoms with Crippen LogP contribution < -0.4 is 0 Å². The molecule has 1 heterocycles. The SMILES string of the molecule is Clc1ccccc1CN1CCN(/N=C\c2cccc(Cl)c2Cl)CC1. The highest BCUT2D eigenvalue weighted by molar-refractivity contribution is 6.43. The molecule has 24 heavy (non-hydrogen) atoms. The van der Waals surface area contributed by atoms with Crippen molar-refractivity contribution in [3.8, 4) is 0 Å². The number of hydrogen-bond donors (Lipinski definition) is 0. The van der Waals surface area contributed by atoms with Crippen molar-refractivity contribution in [1.82, 2.24) is 9.91 Å². The second kappa shape index (κ2) is 8.21. The van der Waals surface area contributed by atoms with Gasteiger partial charge < -0.3 is 0 Å². The van der Waals surface area contributed by atoms with Gasteiger partial charge in [-0.1, -0.05) is 65.1 Å². The van der Waals surface area contributed by atoms with Crippen LogP contribution in [0.5, 0.6) is 0 Å². The van der Waals surface area contributed by atoms with E-state index in [9.17, 15) is 0 Å². The third kappa shape index (κ3) is 4.42. The van der Waals surface area contributed by atoms with Crippen LogP contribution in [0, 0.1) is 0 Å². The monoisotopic (exact) mass is 381 g/mol. The smallest absolute Gasteiger partial charge is 0.0680 e. The van der Waals surface area contributed by atoms with Gasteiger partial charge in [-0.2, -0.15) is 5.10 Å². The summed E-state index contributed by atoms with van der Waals surface area (Å²) in [5.41, 5.74) is 2.00. The molecule has 0 atom stereocenters. The summed E-state index contributed by atoms with van der Waals surface area (Å²) in [6.45, 7) is 4.52. The summed E-state index contributed by atoms with van der Waals surface area (Å²) < 4.78 is 0. The molecule has 0 radical (unpaired) electrons. The van der Waals surface area contributed by atoms with Gasteiger partial charge in [0.25, 0.3) is 0 Å². The normalized spacial score (nSPS) is 16.0. The standard InChI is InChI=1S/C18H18Cl3N3/c19-16-6-2-1-4-15(16)13-23-8-10-24(11-9-23)22-12-14-5-3-7-17(20)18(14)21/h1-7,12H,8-11,13H2/b22-12-. The molecule has 126 valence electrons. The van der Waals surface area contributed by atoms with E-state index in [0.29, 0.717) is 10.0 Å². The molecule has 1 aliphatic rings. The van der Waals surface area contributed by atoms with Crippen LogP contribution in [0.4, 0.5) is 0 Å². The van der Waals surface area contributed by atoms with E-state index in [1.807, 2.05) is 30.3 Å². The molecule has 1 saturated heterocycles. The highest BCUT2D eigenvalue weighted by atomic mass is 35.5. The average molecular weight is 383 g/mol. The maximum absolute atomic E-state index is 6.23. The second-order valence-electron chi connectivity index (χ2n) is 5.71. The minimum absolute atomic E-state index is 0.542. The third-order valence-corrected chi connectivity index (χ3v) is 5.24. The number of halogens is 3. The third-order valence-electron chi connectivity index (χ3n) is 4.04. The van der Waals surface area contributed by atoms with Crippen LogP contribution in [0.15, 0.2) is 47.6 Å². The zero-order chi connectivity index (χ0) is 16.9. The zero-order valence-corrected chi connectivity index (χ0v) is 15.4. The number of nitrogens with zero attached hydrogens (tertiary/aromatic N) is 3. The maximum atomic E-state index is 6.23. The van der Waals surface area contributed by atoms with E-state index in [1.165, 1.54) is 5.56 Å². The van der Waals surface area contributed by atoms with Crippen LogP contribution in [0.3, 0.4) is 0 Å². The van der Waals surface area contributed by atoms with Gasteiger partial charge in [0.05, 0.1) is 16.3 Å². The fraction of sp³-hybridized carbons (Fsp3) is 0.278. The first-order chi connectivity index (χ1) is 11.6. The highest BCUT2D eigenvalue weighted by Gasteiger charge is 2.16. The largest absolute Gasteiger partial charge is 0.295 e. The molecular weight excluding hydrogens is 365 g/mol. The Kier molecular flexibility index (Phi) is 6.01. The average Bonchev–Trinajstić information content (AvgIpc) is 2.59. The topological polar surface area (TPSA) is 18.8 Å². The Bertz CT molecular complexity index is 725. The van der Waals surface area contributed by atoms with Gasteiger partial charge in [-0.3, -0.25) is 9.91 Å². The van der Waals surface area contributed by atoms with E-state index in [1.54, 1.807) is 12.3 Å². The lowest BCUT2D eigenvalue weighted by molar-refractivity contribution is 0.131. The Balaban J connectivity index is 1.54. The number of hydrazone groups is 1. The van der Waals surface area contributed by atoms with Gasteiger partial charge in [0.2, 0.25) is 0 Å². The fourth-order valence-electron chi connectivity index (χ4n) is 2.64. The second-order valence-corrected chi connectivity index (χ2v) is 6.90. The minimum Gasteiger partial charge on any atom is -0.295 e. The van der Waals surface area contributed by atoms with Crippen LogP contribution in [0.25, 0.3) is 0 Å². The summed E-state index contributed by atoms with van der Waals surface area (Å²) in [5.74, 6) is 0. The van der Waals surface area contributed by atoms with E-state index >= 15 is 0 Å². The molecule has 2 aromatic carbocycles. The van der Waals surface area contributed by atoms with Crippen molar-refractivity contribution in [2.75, 3.05) is 26.2 Å². The molecule has 0 saturated carbocycles. The molecule has 0 aromatic heterocycles. The van der Waals surface area contributed by atoms with Gasteiger partial charge in [0.1, 0.15) is 0 Å². The Morgan fingerprint density at radius 3 is 2.33 bits per heavy atom. The predicted molar refractivity (Wildman–Crippen MR) is 102 cm³/mol. The molecule has 3 nitrogen and oxygen atoms in total. The quantitative estimate of drug-likeness (QED) is 0.707. The van der Waals surface area contributed by atoms with Crippen LogP contribution >= 0.6 is 34.8 Å². The van der Waals surface area contributed by atoms with Crippen molar-refractivity contribution in [1.29, 1.82) is 0 Å². The van der Waals surface area contributed by atoms with Gasteiger partial charge in [0, 0.05) is 43.3 Å². The van der Waals surface area contributed by atoms with E-state index in [0.717, 1.165) is 43.3 Å². The molecule has 0 unspecified atom stereocenters. The first kappa shape index (κ1) is 17.6. The summed E-state index contributed by atoms with van der Waals surface area (Å²) in [6.07, 6.45) is 1.78. The van der Waals surface area contributed by atoms with Crippen LogP contribution in [0.2, 0.25) is 15.1 Å². The van der Waals surface area contributed by atoms with Crippen LogP contribution in [-0.4, -0.2) is 42.3 Å². The Labute approximate surface area is 157 Å². The van der Waals surface area contributed by atoms with Gasteiger partial charge in [0.15, 0.2) is 0 Å². The van der Waals surface area contributed by atoms with E-state index in [-0.39, 0.29) is 0 Å². The van der Waals surface area contributed by atoms with Crippen molar-refractivity contribution in [3.63, 3.8) is 0 Å². The van der Waals surface area contributed by atoms with Crippen LogP contribution in [0.1, 0.15) is 11.1 Å². The van der Waals surface area contributed by atoms with Crippen molar-refractivity contribution >= 4 is 41.0 Å². The van der Waals surface area contributed by atoms with Gasteiger partial charge in [-0.25, -0.2) is 0 Å². The zero-order valence-electron chi connectivity index (χ0n) is 13.1. The lowest BCUT2D eigenvalue weighted by Crippen LogP contribution is -2.43. The number of hydrogen-bond acceptors (Lipinski definition) is 3. The fourth-order valence-corrected chi connectivity index (χ4v) is 3.19. The summed E-state index contributed by atoms with van der Waals surface area (Å²) in [4.78, 5) is 2.39. The van der Waals surface area contributed by atoms with E-state index in [2.05, 4.69) is 21.1 Å². The molecule has 0 aliphatic carbocycles. The molecule has 3 rings (SSSR count). The minimum atomic E-state index is 0.542. The van der Waals surface area contributed by atoms with Crippen molar-refractivity contribution in [2.45, 2.75) is 6.54 Å². The van der Waals surface area contributed by atoms with Gasteiger partial charge >= 0.3 is 0 Å². The lowest BCUT2D eigenvalue weighted by atomic mass is 10.2. The van der Waals surface area contributed by atoms with E-state index in [4.69, 9.17) is 34.8 Å². The summed E-state index contributed by atoms with van der Waals surface area (Å²) in [5, 5.41) is 8.50. The maximum Gasteiger partial charge on any atom is 0.0680 e. The summed E-state index contributed by atoms with van der Waals surface area (Å²) >= 11 is 18.4. The molecule has 0 spiro atoms. The van der Waals surface area contributed by atoms with Gasteiger partial charge in [-0.05, 0) is 17.7 Å². The molecule has 0 bridgehead atoms. The Morgan fingerprint density at radius 1 is 0.875 bits per heavy atom. The Hall–Kier alpha value is -1.26. The highest BCUT2D eigenvalue weighted by Crippen LogP contribution is 2.24. The molecule has 0 amide bonds. The first-order valence-corrected chi connectivity index (χ1v) is 8.95.